The Bertz CT molecular complexity index is 412. The van der Waals surface area contributed by atoms with Gasteiger partial charge in [0.2, 0.25) is 5.91 Å². The lowest BCUT2D eigenvalue weighted by atomic mass is 10.0. The molecule has 0 saturated carbocycles. The van der Waals surface area contributed by atoms with Crippen molar-refractivity contribution in [3.63, 3.8) is 0 Å². The van der Waals surface area contributed by atoms with Gasteiger partial charge in [-0.15, -0.1) is 0 Å². The molecular formula is C12H18FN3O2. The molecule has 1 aromatic carbocycles. The van der Waals surface area contributed by atoms with Gasteiger partial charge in [0.05, 0.1) is 6.61 Å². The molecule has 1 amide bonds. The minimum Gasteiger partial charge on any atom is -0.491 e. The molecular weight excluding hydrogens is 237 g/mol. The number of amides is 1. The molecule has 0 aliphatic rings. The summed E-state index contributed by atoms with van der Waals surface area (Å²) < 4.78 is 18.7. The number of nitrogens with two attached hydrogens (primary N) is 1. The Morgan fingerprint density at radius 1 is 1.56 bits per heavy atom. The number of rotatable bonds is 6. The highest BCUT2D eigenvalue weighted by Gasteiger charge is 2.13. The smallest absolute Gasteiger partial charge is 0.235 e. The SMILES string of the molecule is CCOc1ccc(C(N)CC(=O)NNC)cc1F. The molecule has 1 aromatic rings. The Labute approximate surface area is 105 Å². The van der Waals surface area contributed by atoms with Crippen molar-refractivity contribution in [3.8, 4) is 5.75 Å². The summed E-state index contributed by atoms with van der Waals surface area (Å²) in [6.07, 6.45) is 0.0776. The molecule has 1 atom stereocenters. The van der Waals surface area contributed by atoms with Crippen LogP contribution in [-0.2, 0) is 4.79 Å². The Hall–Kier alpha value is -1.66. The van der Waals surface area contributed by atoms with Crippen molar-refractivity contribution >= 4 is 5.91 Å². The summed E-state index contributed by atoms with van der Waals surface area (Å²) >= 11 is 0. The maximum absolute atomic E-state index is 13.6. The lowest BCUT2D eigenvalue weighted by Gasteiger charge is -2.13. The summed E-state index contributed by atoms with van der Waals surface area (Å²) in [5, 5.41) is 0. The first-order chi connectivity index (χ1) is 8.58. The van der Waals surface area contributed by atoms with E-state index >= 15 is 0 Å². The van der Waals surface area contributed by atoms with Crippen LogP contribution in [0.5, 0.6) is 5.75 Å². The van der Waals surface area contributed by atoms with Crippen LogP contribution < -0.4 is 21.3 Å². The first kappa shape index (κ1) is 14.4. The van der Waals surface area contributed by atoms with E-state index in [1.165, 1.54) is 12.1 Å². The normalized spacial score (nSPS) is 12.0. The van der Waals surface area contributed by atoms with E-state index in [0.717, 1.165) is 0 Å². The highest BCUT2D eigenvalue weighted by atomic mass is 19.1. The molecule has 4 N–H and O–H groups in total. The van der Waals surface area contributed by atoms with Crippen molar-refractivity contribution < 1.29 is 13.9 Å². The van der Waals surface area contributed by atoms with E-state index in [-0.39, 0.29) is 18.1 Å². The third-order valence-electron chi connectivity index (χ3n) is 2.35. The van der Waals surface area contributed by atoms with E-state index < -0.39 is 11.9 Å². The second-order valence-electron chi connectivity index (χ2n) is 3.73. The Morgan fingerprint density at radius 2 is 2.28 bits per heavy atom. The van der Waals surface area contributed by atoms with Gasteiger partial charge in [0.25, 0.3) is 0 Å². The number of hydrazine groups is 1. The van der Waals surface area contributed by atoms with Crippen LogP contribution in [0.4, 0.5) is 4.39 Å². The van der Waals surface area contributed by atoms with Gasteiger partial charge >= 0.3 is 0 Å². The standard InChI is InChI=1S/C12H18FN3O2/c1-3-18-11-5-4-8(6-9(11)13)10(14)7-12(17)16-15-2/h4-6,10,15H,3,7,14H2,1-2H3,(H,16,17). The lowest BCUT2D eigenvalue weighted by molar-refractivity contribution is -0.122. The summed E-state index contributed by atoms with van der Waals surface area (Å²) in [5.41, 5.74) is 11.3. The number of halogens is 1. The van der Waals surface area contributed by atoms with Crippen molar-refractivity contribution in [2.24, 2.45) is 5.73 Å². The first-order valence-electron chi connectivity index (χ1n) is 5.71. The lowest BCUT2D eigenvalue weighted by Crippen LogP contribution is -2.36. The van der Waals surface area contributed by atoms with E-state index in [9.17, 15) is 9.18 Å². The number of benzene rings is 1. The van der Waals surface area contributed by atoms with Gasteiger partial charge in [-0.2, -0.15) is 0 Å². The number of carbonyl (C=O) groups excluding carboxylic acids is 1. The molecule has 0 aliphatic heterocycles. The molecule has 0 bridgehead atoms. The maximum atomic E-state index is 13.6. The van der Waals surface area contributed by atoms with E-state index in [2.05, 4.69) is 10.9 Å². The van der Waals surface area contributed by atoms with Crippen molar-refractivity contribution in [1.82, 2.24) is 10.9 Å². The Morgan fingerprint density at radius 3 is 2.83 bits per heavy atom. The van der Waals surface area contributed by atoms with Gasteiger partial charge in [-0.3, -0.25) is 10.2 Å². The molecule has 6 heteroatoms. The number of hydrogen-bond acceptors (Lipinski definition) is 4. The van der Waals surface area contributed by atoms with E-state index in [1.54, 1.807) is 20.0 Å². The molecule has 0 fully saturated rings. The summed E-state index contributed by atoms with van der Waals surface area (Å²) in [7, 11) is 1.58. The highest BCUT2D eigenvalue weighted by Crippen LogP contribution is 2.22. The fraction of sp³-hybridized carbons (Fsp3) is 0.417. The van der Waals surface area contributed by atoms with E-state index in [0.29, 0.717) is 12.2 Å². The predicted molar refractivity (Wildman–Crippen MR) is 66.3 cm³/mol. The third-order valence-corrected chi connectivity index (χ3v) is 2.35. The van der Waals surface area contributed by atoms with Crippen LogP contribution in [0, 0.1) is 5.82 Å². The van der Waals surface area contributed by atoms with Crippen molar-refractivity contribution in [2.75, 3.05) is 13.7 Å². The zero-order valence-electron chi connectivity index (χ0n) is 10.5. The van der Waals surface area contributed by atoms with Crippen LogP contribution in [0.25, 0.3) is 0 Å². The van der Waals surface area contributed by atoms with Crippen molar-refractivity contribution in [3.05, 3.63) is 29.6 Å². The van der Waals surface area contributed by atoms with Crippen molar-refractivity contribution in [2.45, 2.75) is 19.4 Å². The molecule has 5 nitrogen and oxygen atoms in total. The molecule has 0 aromatic heterocycles. The number of nitrogens with one attached hydrogen (secondary N) is 2. The highest BCUT2D eigenvalue weighted by molar-refractivity contribution is 5.76. The monoisotopic (exact) mass is 255 g/mol. The van der Waals surface area contributed by atoms with Crippen LogP contribution in [-0.4, -0.2) is 19.6 Å². The number of hydrogen-bond donors (Lipinski definition) is 3. The molecule has 0 heterocycles. The van der Waals surface area contributed by atoms with Gasteiger partial charge in [-0.1, -0.05) is 6.07 Å². The van der Waals surface area contributed by atoms with Crippen LogP contribution in [0.1, 0.15) is 24.9 Å². The molecule has 0 spiro atoms. The van der Waals surface area contributed by atoms with E-state index in [1.807, 2.05) is 0 Å². The van der Waals surface area contributed by atoms with Crippen molar-refractivity contribution in [1.29, 1.82) is 0 Å². The molecule has 18 heavy (non-hydrogen) atoms. The quantitative estimate of drug-likeness (QED) is 0.659. The average Bonchev–Trinajstić information content (AvgIpc) is 2.32. The van der Waals surface area contributed by atoms with Crippen LogP contribution in [0.3, 0.4) is 0 Å². The summed E-state index contributed by atoms with van der Waals surface area (Å²) in [5.74, 6) is -0.536. The van der Waals surface area contributed by atoms with Gasteiger partial charge < -0.3 is 10.5 Å². The number of carbonyl (C=O) groups is 1. The zero-order valence-corrected chi connectivity index (χ0v) is 10.5. The summed E-state index contributed by atoms with van der Waals surface area (Å²) in [6.45, 7) is 2.17. The van der Waals surface area contributed by atoms with E-state index in [4.69, 9.17) is 10.5 Å². The topological polar surface area (TPSA) is 76.4 Å². The molecule has 0 aliphatic carbocycles. The molecule has 0 radical (unpaired) electrons. The fourth-order valence-electron chi connectivity index (χ4n) is 1.53. The summed E-state index contributed by atoms with van der Waals surface area (Å²) in [4.78, 5) is 11.3. The van der Waals surface area contributed by atoms with Crippen LogP contribution in [0.2, 0.25) is 0 Å². The largest absolute Gasteiger partial charge is 0.491 e. The van der Waals surface area contributed by atoms with Crippen LogP contribution in [0.15, 0.2) is 18.2 Å². The Kier molecular flexibility index (Phi) is 5.54. The van der Waals surface area contributed by atoms with Gasteiger partial charge in [0.1, 0.15) is 0 Å². The first-order valence-corrected chi connectivity index (χ1v) is 5.71. The second kappa shape index (κ2) is 6.93. The third kappa shape index (κ3) is 3.97. The van der Waals surface area contributed by atoms with Gasteiger partial charge in [0.15, 0.2) is 11.6 Å². The summed E-state index contributed by atoms with van der Waals surface area (Å²) in [6, 6.07) is 3.92. The molecule has 100 valence electrons. The molecule has 0 saturated heterocycles. The van der Waals surface area contributed by atoms with Crippen LogP contribution >= 0.6 is 0 Å². The molecule has 1 rings (SSSR count). The predicted octanol–water partition coefficient (Wildman–Crippen LogP) is 0.865. The van der Waals surface area contributed by atoms with Gasteiger partial charge in [-0.05, 0) is 24.6 Å². The maximum Gasteiger partial charge on any atom is 0.235 e. The second-order valence-corrected chi connectivity index (χ2v) is 3.73. The Balaban J connectivity index is 2.71. The zero-order chi connectivity index (χ0) is 13.5. The number of ether oxygens (including phenoxy) is 1. The minimum atomic E-state index is -0.552. The minimum absolute atomic E-state index is 0.0776. The van der Waals surface area contributed by atoms with Gasteiger partial charge in [-0.25, -0.2) is 9.82 Å². The fourth-order valence-corrected chi connectivity index (χ4v) is 1.53. The average molecular weight is 255 g/mol. The van der Waals surface area contributed by atoms with Gasteiger partial charge in [0, 0.05) is 19.5 Å². The molecule has 1 unspecified atom stereocenters.